The average molecular weight is 297 g/mol. The molecule has 0 N–H and O–H groups in total. The van der Waals surface area contributed by atoms with Gasteiger partial charge in [-0.3, -0.25) is 30.3 Å². The molecule has 114 valence electrons. The van der Waals surface area contributed by atoms with E-state index in [0.717, 1.165) is 11.1 Å². The summed E-state index contributed by atoms with van der Waals surface area (Å²) in [7, 11) is 0. The van der Waals surface area contributed by atoms with Crippen LogP contribution in [0.5, 0.6) is 0 Å². The van der Waals surface area contributed by atoms with E-state index in [2.05, 4.69) is 0 Å². The lowest BCUT2D eigenvalue weighted by Crippen LogP contribution is -2.55. The zero-order valence-corrected chi connectivity index (χ0v) is 12.1. The van der Waals surface area contributed by atoms with Crippen LogP contribution in [0.4, 0.5) is 0 Å². The van der Waals surface area contributed by atoms with Crippen molar-refractivity contribution in [1.29, 1.82) is 0 Å². The first-order valence-corrected chi connectivity index (χ1v) is 6.05. The van der Waals surface area contributed by atoms with Crippen molar-refractivity contribution < 1.29 is 14.8 Å². The van der Waals surface area contributed by atoms with E-state index in [1.54, 1.807) is 26.8 Å². The van der Waals surface area contributed by atoms with Gasteiger partial charge >= 0.3 is 5.79 Å². The number of nitrogens with zero attached hydrogens (tertiary/aromatic N) is 3. The Morgan fingerprint density at radius 2 is 1.29 bits per heavy atom. The molecule has 0 fully saturated rings. The summed E-state index contributed by atoms with van der Waals surface area (Å²) < 4.78 is 0. The Balaban J connectivity index is 3.56. The highest BCUT2D eigenvalue weighted by molar-refractivity contribution is 5.44. The van der Waals surface area contributed by atoms with E-state index in [1.165, 1.54) is 0 Å². The van der Waals surface area contributed by atoms with Gasteiger partial charge in [-0.1, -0.05) is 6.07 Å². The summed E-state index contributed by atoms with van der Waals surface area (Å²) in [5.74, 6) is -3.46. The van der Waals surface area contributed by atoms with Gasteiger partial charge in [0.1, 0.15) is 0 Å². The van der Waals surface area contributed by atoms with Crippen molar-refractivity contribution in [2.24, 2.45) is 0 Å². The molecule has 0 saturated carbocycles. The predicted molar refractivity (Wildman–Crippen MR) is 72.8 cm³/mol. The smallest absolute Gasteiger partial charge is 0.253 e. The summed E-state index contributed by atoms with van der Waals surface area (Å²) in [6.07, 6.45) is -0.890. The van der Waals surface area contributed by atoms with Crippen molar-refractivity contribution in [2.45, 2.75) is 39.9 Å². The van der Waals surface area contributed by atoms with Crippen molar-refractivity contribution in [3.05, 3.63) is 64.2 Å². The van der Waals surface area contributed by atoms with Gasteiger partial charge in [0.15, 0.2) is 21.2 Å². The molecule has 1 aromatic rings. The third-order valence-electron chi connectivity index (χ3n) is 3.81. The topological polar surface area (TPSA) is 129 Å². The Kier molecular flexibility index (Phi) is 4.26. The van der Waals surface area contributed by atoms with Crippen LogP contribution in [0.25, 0.3) is 0 Å². The molecule has 0 atom stereocenters. The third-order valence-corrected chi connectivity index (χ3v) is 3.81. The summed E-state index contributed by atoms with van der Waals surface area (Å²) in [4.78, 5) is 28.7. The molecule has 0 saturated heterocycles. The highest BCUT2D eigenvalue weighted by Gasteiger charge is 2.70. The SMILES string of the molecule is Cc1cc(C)c(CC([N+](=O)[O-])([N+](=O)[O-])[N+](=O)[O-])c(C)c1C. The molecule has 0 heterocycles. The molecule has 0 amide bonds. The van der Waals surface area contributed by atoms with Gasteiger partial charge in [-0.05, 0) is 55.5 Å². The predicted octanol–water partition coefficient (Wildman–Crippen LogP) is 1.95. The highest BCUT2D eigenvalue weighted by Crippen LogP contribution is 2.27. The first-order valence-electron chi connectivity index (χ1n) is 6.05. The molecular formula is C12H15N3O6. The van der Waals surface area contributed by atoms with Crippen molar-refractivity contribution >= 4 is 0 Å². The lowest BCUT2D eigenvalue weighted by atomic mass is 9.91. The molecule has 1 rings (SSSR count). The second kappa shape index (κ2) is 5.43. The molecule has 0 aliphatic rings. The Bertz CT molecular complexity index is 604. The third kappa shape index (κ3) is 2.54. The van der Waals surface area contributed by atoms with E-state index in [0.29, 0.717) is 11.1 Å². The summed E-state index contributed by atoms with van der Waals surface area (Å²) in [6.45, 7) is 6.87. The Hall–Kier alpha value is -2.58. The maximum atomic E-state index is 11.0. The summed E-state index contributed by atoms with van der Waals surface area (Å²) in [5, 5.41) is 33.0. The molecular weight excluding hydrogens is 282 g/mol. The van der Waals surface area contributed by atoms with Crippen molar-refractivity contribution in [2.75, 3.05) is 0 Å². The molecule has 1 aromatic carbocycles. The second-order valence-electron chi connectivity index (χ2n) is 4.96. The summed E-state index contributed by atoms with van der Waals surface area (Å²) in [5.41, 5.74) is 3.15. The largest absolute Gasteiger partial charge is 0.703 e. The number of nitro groups is 3. The van der Waals surface area contributed by atoms with E-state index in [9.17, 15) is 30.3 Å². The molecule has 9 heteroatoms. The molecule has 0 bridgehead atoms. The van der Waals surface area contributed by atoms with Gasteiger partial charge in [-0.2, -0.15) is 0 Å². The van der Waals surface area contributed by atoms with Gasteiger partial charge in [0.25, 0.3) is 0 Å². The number of hydrogen-bond donors (Lipinski definition) is 0. The van der Waals surface area contributed by atoms with E-state index >= 15 is 0 Å². The van der Waals surface area contributed by atoms with Gasteiger partial charge < -0.3 is 0 Å². The zero-order valence-electron chi connectivity index (χ0n) is 12.1. The summed E-state index contributed by atoms with van der Waals surface area (Å²) >= 11 is 0. The highest BCUT2D eigenvalue weighted by atomic mass is 16.7. The summed E-state index contributed by atoms with van der Waals surface area (Å²) in [6, 6.07) is 1.71. The normalized spacial score (nSPS) is 11.2. The Morgan fingerprint density at radius 3 is 1.67 bits per heavy atom. The molecule has 0 spiro atoms. The lowest BCUT2D eigenvalue weighted by molar-refractivity contribution is -0.969. The second-order valence-corrected chi connectivity index (χ2v) is 4.96. The fourth-order valence-electron chi connectivity index (χ4n) is 2.24. The number of hydrogen-bond acceptors (Lipinski definition) is 6. The molecule has 0 aliphatic heterocycles. The quantitative estimate of drug-likeness (QED) is 0.464. The monoisotopic (exact) mass is 297 g/mol. The van der Waals surface area contributed by atoms with Crippen LogP contribution in [0.2, 0.25) is 0 Å². The Morgan fingerprint density at radius 1 is 0.857 bits per heavy atom. The van der Waals surface area contributed by atoms with Crippen LogP contribution < -0.4 is 0 Å². The van der Waals surface area contributed by atoms with Gasteiger partial charge in [-0.25, -0.2) is 0 Å². The van der Waals surface area contributed by atoms with Crippen LogP contribution >= 0.6 is 0 Å². The first-order chi connectivity index (χ1) is 9.55. The van der Waals surface area contributed by atoms with E-state index in [-0.39, 0.29) is 5.56 Å². The van der Waals surface area contributed by atoms with Gasteiger partial charge in [0, 0.05) is 0 Å². The first kappa shape index (κ1) is 16.5. The molecule has 0 radical (unpaired) electrons. The maximum Gasteiger partial charge on any atom is 0.703 e. The minimum atomic E-state index is -3.46. The molecule has 21 heavy (non-hydrogen) atoms. The molecule has 0 aliphatic carbocycles. The molecule has 9 nitrogen and oxygen atoms in total. The number of benzene rings is 1. The zero-order chi connectivity index (χ0) is 16.5. The fraction of sp³-hybridized carbons (Fsp3) is 0.500. The van der Waals surface area contributed by atoms with Crippen LogP contribution in [0, 0.1) is 58.0 Å². The molecule has 0 aromatic heterocycles. The van der Waals surface area contributed by atoms with Crippen molar-refractivity contribution in [3.63, 3.8) is 0 Å². The molecule has 0 unspecified atom stereocenters. The Labute approximate surface area is 120 Å². The van der Waals surface area contributed by atoms with E-state index < -0.39 is 27.0 Å². The van der Waals surface area contributed by atoms with E-state index in [4.69, 9.17) is 0 Å². The van der Waals surface area contributed by atoms with Crippen LogP contribution in [-0.4, -0.2) is 20.6 Å². The lowest BCUT2D eigenvalue weighted by Gasteiger charge is -2.16. The van der Waals surface area contributed by atoms with Gasteiger partial charge in [0.2, 0.25) is 0 Å². The van der Waals surface area contributed by atoms with Crippen molar-refractivity contribution in [1.82, 2.24) is 0 Å². The minimum absolute atomic E-state index is 0.267. The maximum absolute atomic E-state index is 11.0. The minimum Gasteiger partial charge on any atom is -0.253 e. The van der Waals surface area contributed by atoms with Gasteiger partial charge in [-0.15, -0.1) is 0 Å². The van der Waals surface area contributed by atoms with Gasteiger partial charge in [0.05, 0.1) is 0 Å². The number of aryl methyl sites for hydroxylation is 2. The van der Waals surface area contributed by atoms with E-state index in [1.807, 2.05) is 6.92 Å². The van der Waals surface area contributed by atoms with Crippen LogP contribution in [0.15, 0.2) is 6.07 Å². The van der Waals surface area contributed by atoms with Crippen LogP contribution in [-0.2, 0) is 6.42 Å². The average Bonchev–Trinajstić information content (AvgIpc) is 2.35. The fourth-order valence-corrected chi connectivity index (χ4v) is 2.24. The van der Waals surface area contributed by atoms with Crippen LogP contribution in [0.1, 0.15) is 27.8 Å². The number of rotatable bonds is 5. The standard InChI is InChI=1S/C12H15N3O6/c1-7-5-8(2)11(10(4)9(7)3)6-12(13(16)17,14(18)19)15(20)21/h5H,6H2,1-4H3. The van der Waals surface area contributed by atoms with Crippen molar-refractivity contribution in [3.8, 4) is 0 Å². The van der Waals surface area contributed by atoms with Crippen LogP contribution in [0.3, 0.4) is 0 Å².